The third-order valence-corrected chi connectivity index (χ3v) is 7.61. The number of nitrogens with one attached hydrogen (secondary N) is 3. The van der Waals surface area contributed by atoms with Gasteiger partial charge in [0.05, 0.1) is 24.7 Å². The summed E-state index contributed by atoms with van der Waals surface area (Å²) in [4.78, 5) is 35.6. The van der Waals surface area contributed by atoms with Crippen molar-refractivity contribution >= 4 is 28.9 Å². The van der Waals surface area contributed by atoms with Crippen LogP contribution in [0, 0.1) is 0 Å². The molecule has 2 aliphatic rings. The minimum Gasteiger partial charge on any atom is -0.379 e. The Morgan fingerprint density at radius 2 is 1.82 bits per heavy atom. The molecule has 0 saturated carbocycles. The van der Waals surface area contributed by atoms with E-state index in [1.807, 2.05) is 30.3 Å². The summed E-state index contributed by atoms with van der Waals surface area (Å²) in [7, 11) is 0. The highest BCUT2D eigenvalue weighted by Crippen LogP contribution is 2.30. The average Bonchev–Trinajstić information content (AvgIpc) is 3.47. The third-order valence-electron chi connectivity index (χ3n) is 6.54. The Morgan fingerprint density at radius 3 is 2.60 bits per heavy atom. The van der Waals surface area contributed by atoms with E-state index < -0.39 is 0 Å². The number of hydrogen-bond acceptors (Lipinski definition) is 10. The number of pyridine rings is 1. The van der Waals surface area contributed by atoms with Gasteiger partial charge in [0.1, 0.15) is 11.9 Å². The highest BCUT2D eigenvalue weighted by Gasteiger charge is 2.22. The second-order valence-electron chi connectivity index (χ2n) is 9.43. The summed E-state index contributed by atoms with van der Waals surface area (Å²) in [5.74, 6) is 2.27. The Morgan fingerprint density at radius 1 is 0.975 bits per heavy atom. The fourth-order valence-electron chi connectivity index (χ4n) is 4.49. The summed E-state index contributed by atoms with van der Waals surface area (Å²) < 4.78 is 11.5. The predicted octanol–water partition coefficient (Wildman–Crippen LogP) is 3.80. The van der Waals surface area contributed by atoms with Crippen LogP contribution in [0.1, 0.15) is 16.8 Å². The maximum atomic E-state index is 12.4. The molecule has 11 nitrogen and oxygen atoms in total. The first-order valence-electron chi connectivity index (χ1n) is 13.3. The van der Waals surface area contributed by atoms with Gasteiger partial charge in [0.2, 0.25) is 0 Å². The van der Waals surface area contributed by atoms with E-state index in [0.29, 0.717) is 42.1 Å². The number of benzene rings is 1. The van der Waals surface area contributed by atoms with E-state index in [2.05, 4.69) is 38.0 Å². The van der Waals surface area contributed by atoms with Crippen LogP contribution in [0.4, 0.5) is 16.3 Å². The number of amides is 2. The quantitative estimate of drug-likeness (QED) is 0.310. The van der Waals surface area contributed by atoms with Gasteiger partial charge in [-0.15, -0.1) is 11.3 Å². The largest absolute Gasteiger partial charge is 0.379 e. The minimum atomic E-state index is -0.372. The number of rotatable bonds is 7. The molecule has 2 aliphatic heterocycles. The van der Waals surface area contributed by atoms with Crippen molar-refractivity contribution in [1.29, 1.82) is 0 Å². The highest BCUT2D eigenvalue weighted by molar-refractivity contribution is 7.15. The van der Waals surface area contributed by atoms with Gasteiger partial charge in [0.15, 0.2) is 17.5 Å². The lowest BCUT2D eigenvalue weighted by atomic mass is 10.2. The lowest BCUT2D eigenvalue weighted by Crippen LogP contribution is -2.35. The topological polar surface area (TPSA) is 126 Å². The molecule has 1 unspecified atom stereocenters. The van der Waals surface area contributed by atoms with Crippen LogP contribution in [0.2, 0.25) is 0 Å². The van der Waals surface area contributed by atoms with Crippen molar-refractivity contribution in [3.05, 3.63) is 71.5 Å². The molecule has 3 N–H and O–H groups in total. The molecule has 2 amide bonds. The maximum Gasteiger partial charge on any atom is 0.324 e. The second kappa shape index (κ2) is 12.6. The van der Waals surface area contributed by atoms with E-state index in [4.69, 9.17) is 24.4 Å². The number of urea groups is 1. The number of thiophene rings is 1. The van der Waals surface area contributed by atoms with Crippen LogP contribution in [0.15, 0.2) is 60.8 Å². The molecule has 0 aliphatic carbocycles. The number of morpholine rings is 2. The van der Waals surface area contributed by atoms with Crippen LogP contribution in [-0.2, 0) is 16.0 Å². The molecule has 2 fully saturated rings. The van der Waals surface area contributed by atoms with Gasteiger partial charge in [-0.05, 0) is 48.5 Å². The Bertz CT molecular complexity index is 1420. The molecule has 0 radical (unpaired) electrons. The monoisotopic (exact) mass is 558 g/mol. The van der Waals surface area contributed by atoms with Gasteiger partial charge < -0.3 is 20.1 Å². The molecule has 12 heteroatoms. The van der Waals surface area contributed by atoms with Crippen molar-refractivity contribution in [2.45, 2.75) is 12.6 Å². The van der Waals surface area contributed by atoms with E-state index in [1.165, 1.54) is 4.88 Å². The van der Waals surface area contributed by atoms with Crippen molar-refractivity contribution in [3.8, 4) is 22.1 Å². The summed E-state index contributed by atoms with van der Waals surface area (Å²) in [6.07, 6.45) is 1.37. The molecule has 4 aromatic rings. The average molecular weight is 559 g/mol. The number of anilines is 2. The van der Waals surface area contributed by atoms with Crippen molar-refractivity contribution in [2.24, 2.45) is 0 Å². The zero-order chi connectivity index (χ0) is 27.1. The van der Waals surface area contributed by atoms with Crippen LogP contribution in [0.5, 0.6) is 0 Å². The van der Waals surface area contributed by atoms with Gasteiger partial charge in [-0.2, -0.15) is 0 Å². The van der Waals surface area contributed by atoms with Crippen molar-refractivity contribution in [1.82, 2.24) is 30.2 Å². The fraction of sp³-hybridized carbons (Fsp3) is 0.321. The number of ether oxygens (including phenoxy) is 2. The molecule has 0 bridgehead atoms. The summed E-state index contributed by atoms with van der Waals surface area (Å²) in [5, 5.41) is 8.89. The summed E-state index contributed by atoms with van der Waals surface area (Å²) >= 11 is 1.70. The van der Waals surface area contributed by atoms with Gasteiger partial charge in [-0.25, -0.2) is 24.7 Å². The smallest absolute Gasteiger partial charge is 0.324 e. The number of aromatic nitrogens is 4. The van der Waals surface area contributed by atoms with Gasteiger partial charge >= 0.3 is 6.03 Å². The normalized spacial score (nSPS) is 17.9. The van der Waals surface area contributed by atoms with E-state index in [1.54, 1.807) is 29.7 Å². The van der Waals surface area contributed by atoms with Crippen LogP contribution >= 0.6 is 11.3 Å². The zero-order valence-corrected chi connectivity index (χ0v) is 22.7. The van der Waals surface area contributed by atoms with E-state index in [9.17, 15) is 4.79 Å². The number of nitrogens with zero attached hydrogens (tertiary/aromatic N) is 5. The van der Waals surface area contributed by atoms with Crippen LogP contribution < -0.4 is 16.0 Å². The molecule has 40 heavy (non-hydrogen) atoms. The summed E-state index contributed by atoms with van der Waals surface area (Å²) in [6.45, 7) is 6.36. The van der Waals surface area contributed by atoms with Gasteiger partial charge in [0, 0.05) is 55.0 Å². The van der Waals surface area contributed by atoms with Gasteiger partial charge in [-0.3, -0.25) is 10.2 Å². The summed E-state index contributed by atoms with van der Waals surface area (Å²) in [6, 6.07) is 16.6. The molecular formula is C28H30N8O3S. The van der Waals surface area contributed by atoms with E-state index >= 15 is 0 Å². The number of carbonyl (C=O) groups is 1. The molecule has 6 rings (SSSR count). The first-order chi connectivity index (χ1) is 19.7. The Balaban J connectivity index is 1.22. The SMILES string of the molecule is O=C(Nc1ccc(-c2nc(-c3ccc(CN4CCOCC4)s3)nc(C3CNCCO3)n2)cc1)Nc1ccccn1. The molecule has 206 valence electrons. The molecule has 3 aromatic heterocycles. The van der Waals surface area contributed by atoms with Crippen LogP contribution in [-0.4, -0.2) is 76.9 Å². The van der Waals surface area contributed by atoms with Crippen molar-refractivity contribution in [2.75, 3.05) is 56.6 Å². The van der Waals surface area contributed by atoms with Crippen LogP contribution in [0.25, 0.3) is 22.1 Å². The predicted molar refractivity (Wildman–Crippen MR) is 153 cm³/mol. The molecule has 0 spiro atoms. The van der Waals surface area contributed by atoms with E-state index in [0.717, 1.165) is 49.8 Å². The lowest BCUT2D eigenvalue weighted by molar-refractivity contribution is 0.0221. The Kier molecular flexibility index (Phi) is 8.31. The Labute approximate surface area is 236 Å². The second-order valence-corrected chi connectivity index (χ2v) is 10.6. The lowest BCUT2D eigenvalue weighted by Gasteiger charge is -2.25. The molecule has 2 saturated heterocycles. The number of carbonyl (C=O) groups excluding carboxylic acids is 1. The fourth-order valence-corrected chi connectivity index (χ4v) is 5.47. The standard InChI is InChI=1S/C28H30N8O3S/c37-28(32-24-3-1-2-10-30-24)31-20-6-4-19(5-7-20)25-33-26(22-17-29-11-14-39-22)35-27(34-25)23-9-8-21(40-23)18-36-12-15-38-16-13-36/h1-10,22,29H,11-18H2,(H2,30,31,32,37). The Hall–Kier alpha value is -3.81. The van der Waals surface area contributed by atoms with Gasteiger partial charge in [0.25, 0.3) is 0 Å². The molecular weight excluding hydrogens is 528 g/mol. The zero-order valence-electron chi connectivity index (χ0n) is 21.9. The van der Waals surface area contributed by atoms with Crippen molar-refractivity contribution < 1.29 is 14.3 Å². The first-order valence-corrected chi connectivity index (χ1v) is 14.1. The van der Waals surface area contributed by atoms with Gasteiger partial charge in [-0.1, -0.05) is 6.07 Å². The highest BCUT2D eigenvalue weighted by atomic mass is 32.1. The molecule has 1 atom stereocenters. The first kappa shape index (κ1) is 26.4. The van der Waals surface area contributed by atoms with E-state index in [-0.39, 0.29) is 12.1 Å². The molecule has 1 aromatic carbocycles. The van der Waals surface area contributed by atoms with Crippen LogP contribution in [0.3, 0.4) is 0 Å². The van der Waals surface area contributed by atoms with Crippen molar-refractivity contribution in [3.63, 3.8) is 0 Å². The maximum absolute atomic E-state index is 12.4. The summed E-state index contributed by atoms with van der Waals surface area (Å²) in [5.41, 5.74) is 1.45. The minimum absolute atomic E-state index is 0.252. The molecule has 5 heterocycles. The number of hydrogen-bond donors (Lipinski definition) is 3. The third kappa shape index (κ3) is 6.66.